The van der Waals surface area contributed by atoms with Crippen LogP contribution in [0.1, 0.15) is 10.4 Å². The highest BCUT2D eigenvalue weighted by molar-refractivity contribution is 9.10. The first-order valence-electron chi connectivity index (χ1n) is 4.90. The van der Waals surface area contributed by atoms with Crippen molar-refractivity contribution in [2.45, 2.75) is 5.38 Å². The molecule has 0 aromatic heterocycles. The van der Waals surface area contributed by atoms with Gasteiger partial charge in [-0.15, -0.1) is 11.6 Å². The number of carbonyl (C=O) groups is 2. The van der Waals surface area contributed by atoms with E-state index in [-0.39, 0.29) is 12.5 Å². The van der Waals surface area contributed by atoms with Crippen molar-refractivity contribution in [3.05, 3.63) is 33.3 Å². The van der Waals surface area contributed by atoms with E-state index < -0.39 is 11.3 Å². The molecule has 1 amide bonds. The number of amides is 1. The average Bonchev–Trinajstić information content (AvgIpc) is 2.33. The van der Waals surface area contributed by atoms with E-state index in [1.54, 1.807) is 12.1 Å². The molecule has 1 rings (SSSR count). The molecule has 1 unspecified atom stereocenters. The maximum Gasteiger partial charge on any atom is 0.325 e. The molecule has 0 bridgehead atoms. The summed E-state index contributed by atoms with van der Waals surface area (Å²) in [5, 5.41) is 2.04. The lowest BCUT2D eigenvalue weighted by Gasteiger charge is -2.09. The normalized spacial score (nSPS) is 11.8. The number of hydrogen-bond donors (Lipinski definition) is 1. The lowest BCUT2D eigenvalue weighted by atomic mass is 10.2. The van der Waals surface area contributed by atoms with Crippen molar-refractivity contribution >= 4 is 51.0 Å². The summed E-state index contributed by atoms with van der Waals surface area (Å²) in [5.41, 5.74) is 0.378. The summed E-state index contributed by atoms with van der Waals surface area (Å²) in [7, 11) is 1.23. The Morgan fingerprint density at radius 1 is 1.44 bits per heavy atom. The van der Waals surface area contributed by atoms with Crippen molar-refractivity contribution in [3.63, 3.8) is 0 Å². The molecule has 0 aliphatic carbocycles. The molecule has 0 radical (unpaired) electrons. The summed E-state index contributed by atoms with van der Waals surface area (Å²) < 4.78 is 5.13. The molecule has 98 valence electrons. The van der Waals surface area contributed by atoms with Crippen LogP contribution in [0, 0.1) is 0 Å². The monoisotopic (exact) mass is 353 g/mol. The minimum Gasteiger partial charge on any atom is -0.468 e. The fourth-order valence-electron chi connectivity index (χ4n) is 1.18. The van der Waals surface area contributed by atoms with Crippen LogP contribution < -0.4 is 5.32 Å². The van der Waals surface area contributed by atoms with Crippen molar-refractivity contribution in [1.82, 2.24) is 5.32 Å². The van der Waals surface area contributed by atoms with Crippen LogP contribution in [0.3, 0.4) is 0 Å². The minimum absolute atomic E-state index is 0.0167. The van der Waals surface area contributed by atoms with E-state index in [1.807, 2.05) is 0 Å². The van der Waals surface area contributed by atoms with Gasteiger partial charge in [0.1, 0.15) is 5.38 Å². The number of methoxy groups -OCH3 is 1. The van der Waals surface area contributed by atoms with Gasteiger partial charge in [0, 0.05) is 21.6 Å². The van der Waals surface area contributed by atoms with Crippen LogP contribution in [0.25, 0.3) is 0 Å². The van der Waals surface area contributed by atoms with Crippen LogP contribution in [0.4, 0.5) is 0 Å². The first-order chi connectivity index (χ1) is 8.43. The zero-order valence-corrected chi connectivity index (χ0v) is 12.5. The van der Waals surface area contributed by atoms with E-state index >= 15 is 0 Å². The fraction of sp³-hybridized carbons (Fsp3) is 0.273. The molecule has 0 aliphatic heterocycles. The van der Waals surface area contributed by atoms with Crippen molar-refractivity contribution in [2.75, 3.05) is 13.7 Å². The summed E-state index contributed by atoms with van der Waals surface area (Å²) in [5.74, 6) is -0.961. The van der Waals surface area contributed by atoms with Crippen molar-refractivity contribution in [1.29, 1.82) is 0 Å². The Hall–Kier alpha value is -0.780. The number of nitrogens with one attached hydrogen (secondary N) is 1. The predicted molar refractivity (Wildman–Crippen MR) is 73.1 cm³/mol. The van der Waals surface area contributed by atoms with E-state index in [4.69, 9.17) is 23.2 Å². The Morgan fingerprint density at radius 2 is 2.11 bits per heavy atom. The molecule has 0 heterocycles. The molecule has 1 N–H and O–H groups in total. The van der Waals surface area contributed by atoms with Gasteiger partial charge in [-0.3, -0.25) is 9.59 Å². The Morgan fingerprint density at radius 3 is 2.67 bits per heavy atom. The van der Waals surface area contributed by atoms with Gasteiger partial charge in [-0.2, -0.15) is 0 Å². The molecule has 0 saturated heterocycles. The average molecular weight is 355 g/mol. The number of halogens is 3. The molecule has 0 fully saturated rings. The maximum absolute atomic E-state index is 11.8. The molecule has 0 spiro atoms. The van der Waals surface area contributed by atoms with E-state index in [0.29, 0.717) is 15.1 Å². The Labute approximate surface area is 123 Å². The number of rotatable bonds is 4. The Bertz CT molecular complexity index is 447. The van der Waals surface area contributed by atoms with Gasteiger partial charge < -0.3 is 10.1 Å². The smallest absolute Gasteiger partial charge is 0.325 e. The van der Waals surface area contributed by atoms with Crippen LogP contribution in [0.15, 0.2) is 22.7 Å². The molecular weight excluding hydrogens is 345 g/mol. The van der Waals surface area contributed by atoms with Crippen LogP contribution in [0.2, 0.25) is 5.02 Å². The highest BCUT2D eigenvalue weighted by Gasteiger charge is 2.17. The second kappa shape index (κ2) is 6.97. The highest BCUT2D eigenvalue weighted by Crippen LogP contribution is 2.19. The zero-order valence-electron chi connectivity index (χ0n) is 9.38. The van der Waals surface area contributed by atoms with Gasteiger partial charge in [0.25, 0.3) is 5.91 Å². The Kier molecular flexibility index (Phi) is 5.91. The van der Waals surface area contributed by atoms with E-state index in [1.165, 1.54) is 13.2 Å². The van der Waals surface area contributed by atoms with Crippen molar-refractivity contribution in [3.8, 4) is 0 Å². The molecule has 0 saturated carbocycles. The number of esters is 1. The van der Waals surface area contributed by atoms with E-state index in [2.05, 4.69) is 26.0 Å². The maximum atomic E-state index is 11.8. The first kappa shape index (κ1) is 15.3. The van der Waals surface area contributed by atoms with Gasteiger partial charge >= 0.3 is 5.97 Å². The van der Waals surface area contributed by atoms with Gasteiger partial charge in [-0.05, 0) is 18.2 Å². The highest BCUT2D eigenvalue weighted by atomic mass is 79.9. The molecule has 7 heteroatoms. The zero-order chi connectivity index (χ0) is 13.7. The second-order valence-corrected chi connectivity index (χ2v) is 5.24. The molecule has 1 aromatic rings. The summed E-state index contributed by atoms with van der Waals surface area (Å²) in [6.07, 6.45) is 0. The summed E-state index contributed by atoms with van der Waals surface area (Å²) in [4.78, 5) is 22.8. The number of benzene rings is 1. The first-order valence-corrected chi connectivity index (χ1v) is 6.51. The lowest BCUT2D eigenvalue weighted by molar-refractivity contribution is -0.140. The van der Waals surface area contributed by atoms with E-state index in [0.717, 1.165) is 0 Å². The lowest BCUT2D eigenvalue weighted by Crippen LogP contribution is -2.34. The molecular formula is C11H10BrCl2NO3. The third-order valence-corrected chi connectivity index (χ3v) is 3.03. The molecule has 4 nitrogen and oxygen atoms in total. The summed E-state index contributed by atoms with van der Waals surface area (Å²) >= 11 is 14.8. The summed E-state index contributed by atoms with van der Waals surface area (Å²) in [6, 6.07) is 4.79. The van der Waals surface area contributed by atoms with Crippen LogP contribution in [0.5, 0.6) is 0 Å². The largest absolute Gasteiger partial charge is 0.468 e. The quantitative estimate of drug-likeness (QED) is 0.668. The van der Waals surface area contributed by atoms with Crippen LogP contribution in [-0.4, -0.2) is 30.9 Å². The number of alkyl halides is 1. The van der Waals surface area contributed by atoms with Crippen LogP contribution in [-0.2, 0) is 9.53 Å². The molecule has 1 atom stereocenters. The Balaban J connectivity index is 2.63. The standard InChI is InChI=1S/C11H10BrCl2NO3/c1-18-11(17)9(14)5-15-10(16)6-2-7(12)4-8(13)3-6/h2-4,9H,5H2,1H3,(H,15,16). The van der Waals surface area contributed by atoms with Gasteiger partial charge in [0.15, 0.2) is 0 Å². The van der Waals surface area contributed by atoms with Crippen molar-refractivity contribution in [2.24, 2.45) is 0 Å². The van der Waals surface area contributed by atoms with Gasteiger partial charge in [0.2, 0.25) is 0 Å². The second-order valence-electron chi connectivity index (χ2n) is 3.36. The number of ether oxygens (including phenoxy) is 1. The molecule has 0 aliphatic rings. The van der Waals surface area contributed by atoms with E-state index in [9.17, 15) is 9.59 Å². The fourth-order valence-corrected chi connectivity index (χ4v) is 2.21. The topological polar surface area (TPSA) is 55.4 Å². The van der Waals surface area contributed by atoms with Gasteiger partial charge in [0.05, 0.1) is 7.11 Å². The molecule has 1 aromatic carbocycles. The van der Waals surface area contributed by atoms with Crippen LogP contribution >= 0.6 is 39.1 Å². The van der Waals surface area contributed by atoms with Crippen molar-refractivity contribution < 1.29 is 14.3 Å². The minimum atomic E-state index is -0.915. The van der Waals surface area contributed by atoms with Gasteiger partial charge in [-0.1, -0.05) is 27.5 Å². The number of hydrogen-bond acceptors (Lipinski definition) is 3. The number of carbonyl (C=O) groups excluding carboxylic acids is 2. The third kappa shape index (κ3) is 4.48. The molecule has 18 heavy (non-hydrogen) atoms. The predicted octanol–water partition coefficient (Wildman–Crippen LogP) is 2.61. The SMILES string of the molecule is COC(=O)C(Cl)CNC(=O)c1cc(Cl)cc(Br)c1. The van der Waals surface area contributed by atoms with Gasteiger partial charge in [-0.25, -0.2) is 0 Å². The summed E-state index contributed by atoms with van der Waals surface area (Å²) in [6.45, 7) is -0.0167. The third-order valence-electron chi connectivity index (χ3n) is 2.02.